The number of amides is 2. The molecule has 0 spiro atoms. The Morgan fingerprint density at radius 3 is 3.07 bits per heavy atom. The maximum Gasteiger partial charge on any atom is 0.257 e. The highest BCUT2D eigenvalue weighted by Crippen LogP contribution is 2.22. The van der Waals surface area contributed by atoms with Crippen molar-refractivity contribution in [2.45, 2.75) is 32.2 Å². The molecule has 1 fully saturated rings. The summed E-state index contributed by atoms with van der Waals surface area (Å²) in [5, 5.41) is 9.48. The van der Waals surface area contributed by atoms with Gasteiger partial charge in [-0.25, -0.2) is 0 Å². The van der Waals surface area contributed by atoms with E-state index in [4.69, 9.17) is 4.74 Å². The van der Waals surface area contributed by atoms with Gasteiger partial charge < -0.3 is 15.0 Å². The Kier molecular flexibility index (Phi) is 6.46. The number of hydrogen-bond donors (Lipinski definition) is 2. The number of methoxy groups -OCH3 is 1. The van der Waals surface area contributed by atoms with Gasteiger partial charge in [0.2, 0.25) is 5.91 Å². The second-order valence-electron chi connectivity index (χ2n) is 6.91. The van der Waals surface area contributed by atoms with Crippen LogP contribution in [0.15, 0.2) is 36.7 Å². The molecule has 144 valence electrons. The first-order chi connectivity index (χ1) is 13.2. The van der Waals surface area contributed by atoms with Gasteiger partial charge in [-0.3, -0.25) is 14.7 Å². The van der Waals surface area contributed by atoms with E-state index >= 15 is 0 Å². The van der Waals surface area contributed by atoms with E-state index in [9.17, 15) is 9.59 Å². The lowest BCUT2D eigenvalue weighted by atomic mass is 9.93. The quantitative estimate of drug-likeness (QED) is 0.783. The number of nitrogens with one attached hydrogen (secondary N) is 2. The lowest BCUT2D eigenvalue weighted by Gasteiger charge is -2.32. The molecule has 2 aromatic rings. The molecular formula is C20H26N4O3. The van der Waals surface area contributed by atoms with E-state index in [1.807, 2.05) is 29.2 Å². The van der Waals surface area contributed by atoms with Gasteiger partial charge in [-0.15, -0.1) is 0 Å². The smallest absolute Gasteiger partial charge is 0.257 e. The van der Waals surface area contributed by atoms with Crippen molar-refractivity contribution in [3.8, 4) is 5.75 Å². The maximum absolute atomic E-state index is 12.4. The molecule has 1 aromatic carbocycles. The molecule has 0 radical (unpaired) electrons. The third-order valence-corrected chi connectivity index (χ3v) is 4.95. The van der Waals surface area contributed by atoms with Gasteiger partial charge in [-0.1, -0.05) is 12.1 Å². The van der Waals surface area contributed by atoms with Crippen molar-refractivity contribution in [3.63, 3.8) is 0 Å². The second-order valence-corrected chi connectivity index (χ2v) is 6.91. The molecule has 7 heteroatoms. The number of H-pyrrole nitrogens is 1. The van der Waals surface area contributed by atoms with Crippen LogP contribution in [0.1, 0.15) is 41.6 Å². The normalized spacial score (nSPS) is 16.8. The summed E-state index contributed by atoms with van der Waals surface area (Å²) in [6.45, 7) is 1.96. The average molecular weight is 370 g/mol. The van der Waals surface area contributed by atoms with Crippen LogP contribution in [-0.2, 0) is 11.3 Å². The average Bonchev–Trinajstić information content (AvgIpc) is 3.25. The molecule has 2 amide bonds. The fourth-order valence-corrected chi connectivity index (χ4v) is 3.44. The molecule has 7 nitrogen and oxygen atoms in total. The lowest BCUT2D eigenvalue weighted by molar-refractivity contribution is -0.121. The number of aromatic amines is 1. The van der Waals surface area contributed by atoms with Gasteiger partial charge in [-0.05, 0) is 42.9 Å². The Morgan fingerprint density at radius 1 is 1.41 bits per heavy atom. The highest BCUT2D eigenvalue weighted by Gasteiger charge is 2.25. The predicted octanol–water partition coefficient (Wildman–Crippen LogP) is 2.37. The van der Waals surface area contributed by atoms with Crippen molar-refractivity contribution >= 4 is 11.8 Å². The van der Waals surface area contributed by atoms with Gasteiger partial charge in [0.05, 0.1) is 18.9 Å². The summed E-state index contributed by atoms with van der Waals surface area (Å²) in [5.74, 6) is 1.19. The first-order valence-corrected chi connectivity index (χ1v) is 9.33. The number of likely N-dealkylation sites (tertiary alicyclic amines) is 1. The van der Waals surface area contributed by atoms with E-state index in [0.717, 1.165) is 37.1 Å². The summed E-state index contributed by atoms with van der Waals surface area (Å²) in [5.41, 5.74) is 1.60. The van der Waals surface area contributed by atoms with E-state index in [1.165, 1.54) is 0 Å². The minimum atomic E-state index is 0.0101. The van der Waals surface area contributed by atoms with Crippen LogP contribution in [0, 0.1) is 5.92 Å². The highest BCUT2D eigenvalue weighted by molar-refractivity contribution is 5.93. The second kappa shape index (κ2) is 9.21. The number of benzene rings is 1. The Bertz CT molecular complexity index is 760. The monoisotopic (exact) mass is 370 g/mol. The minimum absolute atomic E-state index is 0.0101. The molecule has 27 heavy (non-hydrogen) atoms. The lowest BCUT2D eigenvalue weighted by Crippen LogP contribution is -2.40. The van der Waals surface area contributed by atoms with Gasteiger partial charge in [0.1, 0.15) is 5.75 Å². The molecule has 1 aliphatic rings. The van der Waals surface area contributed by atoms with E-state index < -0.39 is 0 Å². The summed E-state index contributed by atoms with van der Waals surface area (Å²) < 4.78 is 5.19. The van der Waals surface area contributed by atoms with E-state index in [0.29, 0.717) is 31.0 Å². The summed E-state index contributed by atoms with van der Waals surface area (Å²) >= 11 is 0. The standard InChI is InChI=1S/C20H26N4O3/c1-27-18-6-2-4-16(10-18)11-21-19(25)8-7-15-5-3-9-24(14-15)20(26)17-12-22-23-13-17/h2,4,6,10,12-13,15H,3,5,7-9,11,14H2,1H3,(H,21,25)(H,22,23). The van der Waals surface area contributed by atoms with Crippen LogP contribution in [0.4, 0.5) is 0 Å². The zero-order valence-electron chi connectivity index (χ0n) is 15.6. The highest BCUT2D eigenvalue weighted by atomic mass is 16.5. The summed E-state index contributed by atoms with van der Waals surface area (Å²) in [6.07, 6.45) is 6.47. The SMILES string of the molecule is COc1cccc(CNC(=O)CCC2CCCN(C(=O)c3cn[nH]c3)C2)c1. The fraction of sp³-hybridized carbons (Fsp3) is 0.450. The molecule has 2 heterocycles. The van der Waals surface area contributed by atoms with Crippen molar-refractivity contribution < 1.29 is 14.3 Å². The molecule has 1 aromatic heterocycles. The number of aromatic nitrogens is 2. The first-order valence-electron chi connectivity index (χ1n) is 9.33. The van der Waals surface area contributed by atoms with Crippen molar-refractivity contribution in [2.75, 3.05) is 20.2 Å². The van der Waals surface area contributed by atoms with Crippen LogP contribution in [0.5, 0.6) is 5.75 Å². The summed E-state index contributed by atoms with van der Waals surface area (Å²) in [7, 11) is 1.63. The van der Waals surface area contributed by atoms with Crippen LogP contribution in [0.3, 0.4) is 0 Å². The number of carbonyl (C=O) groups excluding carboxylic acids is 2. The summed E-state index contributed by atoms with van der Waals surface area (Å²) in [6, 6.07) is 7.67. The first kappa shape index (κ1) is 18.9. The molecule has 1 unspecified atom stereocenters. The van der Waals surface area contributed by atoms with Crippen molar-refractivity contribution in [1.82, 2.24) is 20.4 Å². The number of ether oxygens (including phenoxy) is 1. The Labute approximate surface area is 159 Å². The van der Waals surface area contributed by atoms with Crippen molar-refractivity contribution in [3.05, 3.63) is 47.8 Å². The molecule has 3 rings (SSSR count). The maximum atomic E-state index is 12.4. The van der Waals surface area contributed by atoms with E-state index in [1.54, 1.807) is 19.5 Å². The van der Waals surface area contributed by atoms with E-state index in [2.05, 4.69) is 15.5 Å². The van der Waals surface area contributed by atoms with E-state index in [-0.39, 0.29) is 11.8 Å². The molecule has 1 saturated heterocycles. The van der Waals surface area contributed by atoms with Gasteiger partial charge in [0.25, 0.3) is 5.91 Å². The predicted molar refractivity (Wildman–Crippen MR) is 101 cm³/mol. The molecule has 1 atom stereocenters. The number of piperidine rings is 1. The van der Waals surface area contributed by atoms with Crippen LogP contribution >= 0.6 is 0 Å². The topological polar surface area (TPSA) is 87.3 Å². The number of carbonyl (C=O) groups is 2. The third-order valence-electron chi connectivity index (χ3n) is 4.95. The number of rotatable bonds is 7. The number of hydrogen-bond acceptors (Lipinski definition) is 4. The summed E-state index contributed by atoms with van der Waals surface area (Å²) in [4.78, 5) is 26.5. The number of nitrogens with zero attached hydrogens (tertiary/aromatic N) is 2. The third kappa shape index (κ3) is 5.32. The Balaban J connectivity index is 1.42. The van der Waals surface area contributed by atoms with Crippen LogP contribution in [0.2, 0.25) is 0 Å². The van der Waals surface area contributed by atoms with Gasteiger partial charge >= 0.3 is 0 Å². The van der Waals surface area contributed by atoms with Crippen molar-refractivity contribution in [1.29, 1.82) is 0 Å². The van der Waals surface area contributed by atoms with Gasteiger partial charge in [-0.2, -0.15) is 5.10 Å². The molecule has 2 N–H and O–H groups in total. The molecule has 0 aliphatic carbocycles. The molecular weight excluding hydrogens is 344 g/mol. The molecule has 1 aliphatic heterocycles. The van der Waals surface area contributed by atoms with Gasteiger partial charge in [0.15, 0.2) is 0 Å². The van der Waals surface area contributed by atoms with Crippen LogP contribution in [-0.4, -0.2) is 47.1 Å². The zero-order chi connectivity index (χ0) is 19.1. The van der Waals surface area contributed by atoms with Crippen molar-refractivity contribution in [2.24, 2.45) is 5.92 Å². The van der Waals surface area contributed by atoms with Crippen LogP contribution < -0.4 is 10.1 Å². The Morgan fingerprint density at radius 2 is 2.30 bits per heavy atom. The van der Waals surface area contributed by atoms with Crippen LogP contribution in [0.25, 0.3) is 0 Å². The minimum Gasteiger partial charge on any atom is -0.497 e. The Hall–Kier alpha value is -2.83. The molecule has 0 bridgehead atoms. The largest absolute Gasteiger partial charge is 0.497 e. The fourth-order valence-electron chi connectivity index (χ4n) is 3.44. The zero-order valence-corrected chi connectivity index (χ0v) is 15.6. The van der Waals surface area contributed by atoms with Gasteiger partial charge in [0, 0.05) is 32.3 Å². The molecule has 0 saturated carbocycles.